The lowest BCUT2D eigenvalue weighted by molar-refractivity contribution is 0.743. The van der Waals surface area contributed by atoms with Gasteiger partial charge in [0.2, 0.25) is 0 Å². The van der Waals surface area contributed by atoms with E-state index in [0.717, 1.165) is 18.8 Å². The first-order valence-corrected chi connectivity index (χ1v) is 7.91. The van der Waals surface area contributed by atoms with Crippen LogP contribution in [0.1, 0.15) is 17.5 Å². The highest BCUT2D eigenvalue weighted by molar-refractivity contribution is 6.42. The van der Waals surface area contributed by atoms with E-state index in [1.165, 1.54) is 29.7 Å². The van der Waals surface area contributed by atoms with Crippen LogP contribution in [0.3, 0.4) is 0 Å². The van der Waals surface area contributed by atoms with Gasteiger partial charge in [-0.05, 0) is 48.2 Å². The zero-order valence-corrected chi connectivity index (χ0v) is 13.5. The van der Waals surface area contributed by atoms with E-state index in [1.54, 1.807) is 0 Å². The molecule has 0 bridgehead atoms. The lowest BCUT2D eigenvalue weighted by Gasteiger charge is -2.27. The Bertz CT molecular complexity index is 655. The molecule has 0 radical (unpaired) electrons. The molecule has 0 atom stereocenters. The first kappa shape index (κ1) is 14.6. The molecule has 0 aromatic heterocycles. The Morgan fingerprint density at radius 3 is 2.76 bits per heavy atom. The Morgan fingerprint density at radius 1 is 1.10 bits per heavy atom. The van der Waals surface area contributed by atoms with Crippen molar-refractivity contribution in [3.8, 4) is 0 Å². The number of aryl methyl sites for hydroxylation is 1. The van der Waals surface area contributed by atoms with Crippen LogP contribution in [0.5, 0.6) is 0 Å². The SMILES string of the molecule is CN1CCCc2cc(CNc3ccc(Cl)c(Cl)c3)ccc21. The van der Waals surface area contributed by atoms with Gasteiger partial charge in [-0.2, -0.15) is 0 Å². The summed E-state index contributed by atoms with van der Waals surface area (Å²) in [6.45, 7) is 1.93. The first-order valence-electron chi connectivity index (χ1n) is 7.15. The molecule has 0 spiro atoms. The molecular formula is C17H18Cl2N2. The Labute approximate surface area is 135 Å². The third-order valence-electron chi connectivity index (χ3n) is 3.91. The van der Waals surface area contributed by atoms with Crippen molar-refractivity contribution >= 4 is 34.6 Å². The van der Waals surface area contributed by atoms with Crippen LogP contribution >= 0.6 is 23.2 Å². The summed E-state index contributed by atoms with van der Waals surface area (Å²) in [5.41, 5.74) is 5.08. The Hall–Kier alpha value is -1.38. The number of anilines is 2. The van der Waals surface area contributed by atoms with Crippen LogP contribution in [0, 0.1) is 0 Å². The molecule has 0 unspecified atom stereocenters. The number of hydrogen-bond acceptors (Lipinski definition) is 2. The van der Waals surface area contributed by atoms with Gasteiger partial charge in [0.15, 0.2) is 0 Å². The fraction of sp³-hybridized carbons (Fsp3) is 0.294. The van der Waals surface area contributed by atoms with Gasteiger partial charge in [0.1, 0.15) is 0 Å². The van der Waals surface area contributed by atoms with E-state index >= 15 is 0 Å². The van der Waals surface area contributed by atoms with Gasteiger partial charge in [-0.15, -0.1) is 0 Å². The van der Waals surface area contributed by atoms with E-state index < -0.39 is 0 Å². The topological polar surface area (TPSA) is 15.3 Å². The Kier molecular flexibility index (Phi) is 4.27. The van der Waals surface area contributed by atoms with Crippen molar-refractivity contribution in [2.75, 3.05) is 23.8 Å². The highest BCUT2D eigenvalue weighted by Gasteiger charge is 2.13. The quantitative estimate of drug-likeness (QED) is 0.857. The van der Waals surface area contributed by atoms with Crippen molar-refractivity contribution in [2.24, 2.45) is 0 Å². The van der Waals surface area contributed by atoms with Crippen LogP contribution in [0.25, 0.3) is 0 Å². The molecule has 110 valence electrons. The molecule has 0 amide bonds. The second kappa shape index (κ2) is 6.17. The summed E-state index contributed by atoms with van der Waals surface area (Å²) in [7, 11) is 2.16. The fourth-order valence-electron chi connectivity index (χ4n) is 2.76. The van der Waals surface area contributed by atoms with Gasteiger partial charge in [-0.1, -0.05) is 35.3 Å². The molecule has 2 aromatic rings. The average molecular weight is 321 g/mol. The molecule has 1 heterocycles. The zero-order chi connectivity index (χ0) is 14.8. The average Bonchev–Trinajstić information content (AvgIpc) is 2.49. The second-order valence-electron chi connectivity index (χ2n) is 5.47. The number of benzene rings is 2. The van der Waals surface area contributed by atoms with Gasteiger partial charge >= 0.3 is 0 Å². The highest BCUT2D eigenvalue weighted by Crippen LogP contribution is 2.28. The summed E-state index contributed by atoms with van der Waals surface area (Å²) in [6.07, 6.45) is 2.40. The minimum atomic E-state index is 0.578. The maximum Gasteiger partial charge on any atom is 0.0612 e. The van der Waals surface area contributed by atoms with Gasteiger partial charge in [0, 0.05) is 31.5 Å². The van der Waals surface area contributed by atoms with Gasteiger partial charge in [-0.3, -0.25) is 0 Å². The lowest BCUT2D eigenvalue weighted by Crippen LogP contribution is -2.24. The molecule has 0 saturated heterocycles. The van der Waals surface area contributed by atoms with Crippen molar-refractivity contribution in [3.63, 3.8) is 0 Å². The summed E-state index contributed by atoms with van der Waals surface area (Å²) < 4.78 is 0. The summed E-state index contributed by atoms with van der Waals surface area (Å²) in [5.74, 6) is 0. The third kappa shape index (κ3) is 3.28. The van der Waals surface area contributed by atoms with Crippen LogP contribution < -0.4 is 10.2 Å². The molecule has 1 aliphatic rings. The van der Waals surface area contributed by atoms with E-state index in [4.69, 9.17) is 23.2 Å². The van der Waals surface area contributed by atoms with E-state index in [9.17, 15) is 0 Å². The standard InChI is InChI=1S/C17H18Cl2N2/c1-21-8-2-3-13-9-12(4-7-17(13)21)11-20-14-5-6-15(18)16(19)10-14/h4-7,9-10,20H,2-3,8,11H2,1H3. The maximum atomic E-state index is 6.03. The van der Waals surface area contributed by atoms with E-state index in [0.29, 0.717) is 10.0 Å². The number of nitrogens with zero attached hydrogens (tertiary/aromatic N) is 1. The lowest BCUT2D eigenvalue weighted by atomic mass is 9.99. The van der Waals surface area contributed by atoms with E-state index in [2.05, 4.69) is 35.5 Å². The fourth-order valence-corrected chi connectivity index (χ4v) is 3.06. The summed E-state index contributed by atoms with van der Waals surface area (Å²) in [4.78, 5) is 2.33. The number of halogens is 2. The molecule has 0 saturated carbocycles. The zero-order valence-electron chi connectivity index (χ0n) is 12.0. The molecule has 3 rings (SSSR count). The van der Waals surface area contributed by atoms with Gasteiger partial charge in [0.05, 0.1) is 10.0 Å². The van der Waals surface area contributed by atoms with Gasteiger partial charge in [0.25, 0.3) is 0 Å². The largest absolute Gasteiger partial charge is 0.381 e. The minimum absolute atomic E-state index is 0.578. The van der Waals surface area contributed by atoms with Gasteiger partial charge in [-0.25, -0.2) is 0 Å². The molecule has 2 nitrogen and oxygen atoms in total. The van der Waals surface area contributed by atoms with Crippen LogP contribution in [-0.4, -0.2) is 13.6 Å². The van der Waals surface area contributed by atoms with Crippen molar-refractivity contribution in [3.05, 3.63) is 57.6 Å². The van der Waals surface area contributed by atoms with Crippen LogP contribution in [0.4, 0.5) is 11.4 Å². The smallest absolute Gasteiger partial charge is 0.0612 e. The van der Waals surface area contributed by atoms with Crippen molar-refractivity contribution in [1.82, 2.24) is 0 Å². The Morgan fingerprint density at radius 2 is 1.95 bits per heavy atom. The molecule has 21 heavy (non-hydrogen) atoms. The minimum Gasteiger partial charge on any atom is -0.381 e. The van der Waals surface area contributed by atoms with Gasteiger partial charge < -0.3 is 10.2 Å². The molecule has 1 aliphatic heterocycles. The molecule has 4 heteroatoms. The van der Waals surface area contributed by atoms with Crippen LogP contribution in [0.15, 0.2) is 36.4 Å². The number of nitrogens with one attached hydrogen (secondary N) is 1. The second-order valence-corrected chi connectivity index (χ2v) is 6.29. The van der Waals surface area contributed by atoms with E-state index in [-0.39, 0.29) is 0 Å². The van der Waals surface area contributed by atoms with E-state index in [1.807, 2.05) is 18.2 Å². The van der Waals surface area contributed by atoms with Crippen molar-refractivity contribution in [2.45, 2.75) is 19.4 Å². The normalized spacial score (nSPS) is 14.0. The van der Waals surface area contributed by atoms with Crippen LogP contribution in [0.2, 0.25) is 10.0 Å². The predicted molar refractivity (Wildman–Crippen MR) is 91.8 cm³/mol. The number of rotatable bonds is 3. The summed E-state index contributed by atoms with van der Waals surface area (Å²) in [6, 6.07) is 12.3. The number of hydrogen-bond donors (Lipinski definition) is 1. The molecule has 0 fully saturated rings. The predicted octanol–water partition coefficient (Wildman–Crippen LogP) is 4.99. The van der Waals surface area contributed by atoms with Crippen molar-refractivity contribution in [1.29, 1.82) is 0 Å². The first-order chi connectivity index (χ1) is 10.1. The van der Waals surface area contributed by atoms with Crippen molar-refractivity contribution < 1.29 is 0 Å². The third-order valence-corrected chi connectivity index (χ3v) is 4.65. The highest BCUT2D eigenvalue weighted by atomic mass is 35.5. The summed E-state index contributed by atoms with van der Waals surface area (Å²) >= 11 is 12.0. The maximum absolute atomic E-state index is 6.03. The summed E-state index contributed by atoms with van der Waals surface area (Å²) in [5, 5.41) is 4.55. The number of fused-ring (bicyclic) bond motifs is 1. The molecule has 0 aliphatic carbocycles. The molecule has 1 N–H and O–H groups in total. The molecular weight excluding hydrogens is 303 g/mol. The van der Waals surface area contributed by atoms with Crippen LogP contribution in [-0.2, 0) is 13.0 Å². The molecule has 2 aromatic carbocycles. The Balaban J connectivity index is 1.72. The monoisotopic (exact) mass is 320 g/mol.